The molecule has 0 aliphatic heterocycles. The Balaban J connectivity index is 2.47. The van der Waals surface area contributed by atoms with Crippen molar-refractivity contribution >= 4 is 17.4 Å². The number of carbonyl (C=O) groups excluding carboxylic acids is 1. The second-order valence-electron chi connectivity index (χ2n) is 5.24. The molecule has 1 N–H and O–H groups in total. The maximum absolute atomic E-state index is 12.2. The van der Waals surface area contributed by atoms with E-state index < -0.39 is 11.5 Å². The van der Waals surface area contributed by atoms with Crippen molar-refractivity contribution in [2.45, 2.75) is 38.2 Å². The number of aliphatic hydroxyl groups excluding tert-OH is 1. The zero-order chi connectivity index (χ0) is 12.6. The van der Waals surface area contributed by atoms with Gasteiger partial charge in [0, 0.05) is 5.02 Å². The molecule has 1 aliphatic rings. The fourth-order valence-electron chi connectivity index (χ4n) is 2.89. The number of carbonyl (C=O) groups is 1. The monoisotopic (exact) mass is 252 g/mol. The zero-order valence-corrected chi connectivity index (χ0v) is 10.9. The molecular formula is C14H17ClO2. The molecule has 0 spiro atoms. The molecule has 1 aromatic carbocycles. The van der Waals surface area contributed by atoms with Gasteiger partial charge in [-0.3, -0.25) is 4.79 Å². The fourth-order valence-corrected chi connectivity index (χ4v) is 3.23. The van der Waals surface area contributed by atoms with Crippen LogP contribution in [-0.4, -0.2) is 17.0 Å². The predicted molar refractivity (Wildman–Crippen MR) is 68.2 cm³/mol. The Labute approximate surface area is 107 Å². The average Bonchev–Trinajstić information content (AvgIpc) is 2.26. The van der Waals surface area contributed by atoms with E-state index in [0.29, 0.717) is 17.4 Å². The summed E-state index contributed by atoms with van der Waals surface area (Å²) >= 11 is 6.17. The zero-order valence-electron chi connectivity index (χ0n) is 10.1. The third-order valence-corrected chi connectivity index (χ3v) is 4.03. The first kappa shape index (κ1) is 12.6. The molecule has 0 amide bonds. The Morgan fingerprint density at radius 2 is 2.06 bits per heavy atom. The van der Waals surface area contributed by atoms with E-state index in [2.05, 4.69) is 6.92 Å². The summed E-state index contributed by atoms with van der Waals surface area (Å²) in [5.74, 6) is 0.215. The van der Waals surface area contributed by atoms with Gasteiger partial charge in [0.15, 0.2) is 5.78 Å². The van der Waals surface area contributed by atoms with Crippen LogP contribution in [0.25, 0.3) is 0 Å². The third kappa shape index (κ3) is 2.12. The van der Waals surface area contributed by atoms with Gasteiger partial charge in [0.05, 0.1) is 5.41 Å². The summed E-state index contributed by atoms with van der Waals surface area (Å²) in [4.78, 5) is 12.2. The molecule has 3 atom stereocenters. The van der Waals surface area contributed by atoms with Gasteiger partial charge < -0.3 is 5.11 Å². The van der Waals surface area contributed by atoms with E-state index in [0.717, 1.165) is 12.0 Å². The first-order valence-corrected chi connectivity index (χ1v) is 6.30. The molecule has 0 aromatic heterocycles. The van der Waals surface area contributed by atoms with Crippen molar-refractivity contribution in [3.05, 3.63) is 34.9 Å². The minimum atomic E-state index is -0.861. The van der Waals surface area contributed by atoms with Gasteiger partial charge in [-0.1, -0.05) is 36.7 Å². The minimum Gasteiger partial charge on any atom is -0.385 e. The Bertz CT molecular complexity index is 444. The summed E-state index contributed by atoms with van der Waals surface area (Å²) in [5.41, 5.74) is 0.173. The summed E-state index contributed by atoms with van der Waals surface area (Å²) in [7, 11) is 0. The number of ketones is 1. The van der Waals surface area contributed by atoms with Crippen LogP contribution in [0.2, 0.25) is 5.02 Å². The largest absolute Gasteiger partial charge is 0.385 e. The average molecular weight is 253 g/mol. The molecule has 17 heavy (non-hydrogen) atoms. The number of halogens is 1. The SMILES string of the molecule is C[C@H]1C[C@@H](O)C(=O)[C@](C)(c2ccccc2Cl)C1. The molecule has 92 valence electrons. The number of hydrogen-bond donors (Lipinski definition) is 1. The normalized spacial score (nSPS) is 33.8. The third-order valence-electron chi connectivity index (χ3n) is 3.70. The van der Waals surface area contributed by atoms with Crippen LogP contribution < -0.4 is 0 Å². The first-order chi connectivity index (χ1) is 7.95. The van der Waals surface area contributed by atoms with E-state index in [1.807, 2.05) is 25.1 Å². The number of rotatable bonds is 1. The van der Waals surface area contributed by atoms with Gasteiger partial charge in [-0.15, -0.1) is 0 Å². The van der Waals surface area contributed by atoms with Gasteiger partial charge in [0.25, 0.3) is 0 Å². The van der Waals surface area contributed by atoms with Gasteiger partial charge in [-0.05, 0) is 37.3 Å². The van der Waals surface area contributed by atoms with Gasteiger partial charge in [0.1, 0.15) is 6.10 Å². The van der Waals surface area contributed by atoms with Crippen LogP contribution in [0.4, 0.5) is 0 Å². The maximum Gasteiger partial charge on any atom is 0.171 e. The summed E-state index contributed by atoms with van der Waals surface area (Å²) in [6.45, 7) is 3.94. The maximum atomic E-state index is 12.2. The summed E-state index contributed by atoms with van der Waals surface area (Å²) < 4.78 is 0. The predicted octanol–water partition coefficient (Wildman–Crippen LogP) is 2.96. The molecule has 0 heterocycles. The van der Waals surface area contributed by atoms with Crippen LogP contribution in [0, 0.1) is 5.92 Å². The van der Waals surface area contributed by atoms with Crippen molar-refractivity contribution in [2.24, 2.45) is 5.92 Å². The van der Waals surface area contributed by atoms with E-state index in [1.165, 1.54) is 0 Å². The lowest BCUT2D eigenvalue weighted by Crippen LogP contribution is -2.46. The second-order valence-corrected chi connectivity index (χ2v) is 5.64. The lowest BCUT2D eigenvalue weighted by atomic mass is 9.65. The summed E-state index contributed by atoms with van der Waals surface area (Å²) in [6, 6.07) is 7.40. The topological polar surface area (TPSA) is 37.3 Å². The molecule has 3 heteroatoms. The van der Waals surface area contributed by atoms with E-state index in [1.54, 1.807) is 6.07 Å². The summed E-state index contributed by atoms with van der Waals surface area (Å²) in [5, 5.41) is 10.4. The van der Waals surface area contributed by atoms with Crippen molar-refractivity contribution in [1.82, 2.24) is 0 Å². The van der Waals surface area contributed by atoms with Gasteiger partial charge in [-0.2, -0.15) is 0 Å². The highest BCUT2D eigenvalue weighted by Gasteiger charge is 2.45. The number of hydrogen-bond acceptors (Lipinski definition) is 2. The molecule has 0 unspecified atom stereocenters. The van der Waals surface area contributed by atoms with E-state index in [4.69, 9.17) is 11.6 Å². The molecule has 0 radical (unpaired) electrons. The van der Waals surface area contributed by atoms with Crippen molar-refractivity contribution in [3.8, 4) is 0 Å². The van der Waals surface area contributed by atoms with Crippen LogP contribution in [0.3, 0.4) is 0 Å². The number of Topliss-reactive ketones (excluding diaryl/α,β-unsaturated/α-hetero) is 1. The van der Waals surface area contributed by atoms with Crippen LogP contribution in [0.15, 0.2) is 24.3 Å². The van der Waals surface area contributed by atoms with Crippen LogP contribution in [0.5, 0.6) is 0 Å². The molecule has 1 aromatic rings. The Kier molecular flexibility index (Phi) is 3.28. The standard InChI is InChI=1S/C14H17ClO2/c1-9-7-12(16)13(17)14(2,8-9)10-5-3-4-6-11(10)15/h3-6,9,12,16H,7-8H2,1-2H3/t9-,12+,14-/m0/s1. The Morgan fingerprint density at radius 3 is 2.71 bits per heavy atom. The summed E-state index contributed by atoms with van der Waals surface area (Å²) in [6.07, 6.45) is 0.436. The Hall–Kier alpha value is -0.860. The smallest absolute Gasteiger partial charge is 0.171 e. The van der Waals surface area contributed by atoms with Crippen molar-refractivity contribution in [1.29, 1.82) is 0 Å². The molecular weight excluding hydrogens is 236 g/mol. The lowest BCUT2D eigenvalue weighted by molar-refractivity contribution is -0.137. The molecule has 0 saturated heterocycles. The lowest BCUT2D eigenvalue weighted by Gasteiger charge is -2.38. The van der Waals surface area contributed by atoms with Gasteiger partial charge >= 0.3 is 0 Å². The van der Waals surface area contributed by atoms with E-state index in [-0.39, 0.29) is 5.78 Å². The van der Waals surface area contributed by atoms with Crippen molar-refractivity contribution in [3.63, 3.8) is 0 Å². The minimum absolute atomic E-state index is 0.108. The molecule has 1 saturated carbocycles. The number of aliphatic hydroxyl groups is 1. The van der Waals surface area contributed by atoms with Gasteiger partial charge in [-0.25, -0.2) is 0 Å². The van der Waals surface area contributed by atoms with Crippen LogP contribution in [0.1, 0.15) is 32.3 Å². The van der Waals surface area contributed by atoms with E-state index >= 15 is 0 Å². The molecule has 1 aliphatic carbocycles. The van der Waals surface area contributed by atoms with Crippen molar-refractivity contribution < 1.29 is 9.90 Å². The fraction of sp³-hybridized carbons (Fsp3) is 0.500. The molecule has 0 bridgehead atoms. The highest BCUT2D eigenvalue weighted by Crippen LogP contribution is 2.41. The first-order valence-electron chi connectivity index (χ1n) is 5.92. The second kappa shape index (κ2) is 4.43. The quantitative estimate of drug-likeness (QED) is 0.834. The highest BCUT2D eigenvalue weighted by molar-refractivity contribution is 6.31. The highest BCUT2D eigenvalue weighted by atomic mass is 35.5. The molecule has 1 fully saturated rings. The number of benzene rings is 1. The van der Waals surface area contributed by atoms with Crippen LogP contribution in [-0.2, 0) is 10.2 Å². The van der Waals surface area contributed by atoms with Gasteiger partial charge in [0.2, 0.25) is 0 Å². The molecule has 2 nitrogen and oxygen atoms in total. The molecule has 2 rings (SSSR count). The van der Waals surface area contributed by atoms with Crippen LogP contribution >= 0.6 is 11.6 Å². The Morgan fingerprint density at radius 1 is 1.41 bits per heavy atom. The van der Waals surface area contributed by atoms with E-state index in [9.17, 15) is 9.90 Å². The van der Waals surface area contributed by atoms with Crippen molar-refractivity contribution in [2.75, 3.05) is 0 Å².